The van der Waals surface area contributed by atoms with Gasteiger partial charge in [-0.25, -0.2) is 14.4 Å². The second-order valence-electron chi connectivity index (χ2n) is 8.04. The van der Waals surface area contributed by atoms with E-state index in [2.05, 4.69) is 48.7 Å². The smallest absolute Gasteiger partial charge is 0.408 e. The van der Waals surface area contributed by atoms with Crippen LogP contribution in [0.1, 0.15) is 41.0 Å². The molecule has 2 atom stereocenters. The highest BCUT2D eigenvalue weighted by Gasteiger charge is 2.22. The lowest BCUT2D eigenvalue weighted by atomic mass is 10.2. The maximum atomic E-state index is 11.9. The number of nitrogens with one attached hydrogen (secondary N) is 5. The minimum Gasteiger partial charge on any atom is -0.453 e. The molecule has 15 heteroatoms. The zero-order chi connectivity index (χ0) is 28.1. The van der Waals surface area contributed by atoms with Crippen molar-refractivity contribution in [2.75, 3.05) is 45.6 Å². The molecule has 0 saturated heterocycles. The molecule has 0 heterocycles. The Hall–Kier alpha value is -2.94. The van der Waals surface area contributed by atoms with Crippen LogP contribution < -0.4 is 32.3 Å². The fourth-order valence-corrected chi connectivity index (χ4v) is 2.26. The summed E-state index contributed by atoms with van der Waals surface area (Å²) >= 11 is 3.87. The topological polar surface area (TPSA) is 199 Å². The second kappa shape index (κ2) is 20.3. The van der Waals surface area contributed by atoms with Crippen molar-refractivity contribution in [3.63, 3.8) is 0 Å². The molecule has 210 valence electrons. The highest BCUT2D eigenvalue weighted by molar-refractivity contribution is 7.80. The van der Waals surface area contributed by atoms with Crippen LogP contribution in [-0.2, 0) is 23.8 Å². The molecule has 0 spiro atoms. The van der Waals surface area contributed by atoms with Crippen molar-refractivity contribution in [3.05, 3.63) is 0 Å². The van der Waals surface area contributed by atoms with Crippen LogP contribution in [0.5, 0.6) is 0 Å². The number of carbonyl (C=O) groups excluding carboxylic acids is 5. The Kier molecular flexibility index (Phi) is 19.8. The van der Waals surface area contributed by atoms with Crippen LogP contribution in [0.2, 0.25) is 0 Å². The molecule has 0 rings (SSSR count). The maximum absolute atomic E-state index is 11.9. The Morgan fingerprint density at radius 1 is 0.833 bits per heavy atom. The minimum absolute atomic E-state index is 0.240. The van der Waals surface area contributed by atoms with Crippen molar-refractivity contribution in [2.45, 2.75) is 58.7 Å². The molecule has 0 aliphatic heterocycles. The number of nitrogens with two attached hydrogens (primary N) is 1. The highest BCUT2D eigenvalue weighted by Crippen LogP contribution is 2.07. The van der Waals surface area contributed by atoms with Crippen LogP contribution in [0, 0.1) is 0 Å². The van der Waals surface area contributed by atoms with E-state index in [4.69, 9.17) is 10.5 Å². The van der Waals surface area contributed by atoms with E-state index in [1.54, 1.807) is 34.6 Å². The van der Waals surface area contributed by atoms with E-state index < -0.39 is 36.0 Å². The number of carbonyl (C=O) groups is 5. The first-order chi connectivity index (χ1) is 16.8. The fourth-order valence-electron chi connectivity index (χ4n) is 2.09. The molecule has 0 aliphatic carbocycles. The summed E-state index contributed by atoms with van der Waals surface area (Å²) < 4.78 is 14.1. The summed E-state index contributed by atoms with van der Waals surface area (Å²) in [4.78, 5) is 56.2. The molecule has 0 unspecified atom stereocenters. The molecule has 14 nitrogen and oxygen atoms in total. The van der Waals surface area contributed by atoms with E-state index in [0.29, 0.717) is 19.5 Å². The Balaban J connectivity index is 0. The monoisotopic (exact) mass is 538 g/mol. The summed E-state index contributed by atoms with van der Waals surface area (Å²) in [5, 5.41) is 12.5. The van der Waals surface area contributed by atoms with Gasteiger partial charge in [-0.3, -0.25) is 9.59 Å². The van der Waals surface area contributed by atoms with Crippen molar-refractivity contribution < 1.29 is 38.2 Å². The zero-order valence-corrected chi connectivity index (χ0v) is 22.8. The predicted octanol–water partition coefficient (Wildman–Crippen LogP) is -0.132. The first-order valence-electron chi connectivity index (χ1n) is 11.4. The summed E-state index contributed by atoms with van der Waals surface area (Å²) in [7, 11) is 1.27. The van der Waals surface area contributed by atoms with Crippen molar-refractivity contribution >= 4 is 42.7 Å². The van der Waals surface area contributed by atoms with Gasteiger partial charge in [0.1, 0.15) is 11.6 Å². The molecular weight excluding hydrogens is 496 g/mol. The number of thiol groups is 1. The largest absolute Gasteiger partial charge is 0.453 e. The number of alkyl carbamates (subject to hydrolysis) is 3. The molecule has 0 bridgehead atoms. The lowest BCUT2D eigenvalue weighted by molar-refractivity contribution is -0.123. The number of methoxy groups -OCH3 is 1. The summed E-state index contributed by atoms with van der Waals surface area (Å²) in [5.74, 6) is -0.332. The minimum atomic E-state index is -0.683. The van der Waals surface area contributed by atoms with Gasteiger partial charge < -0.3 is 46.5 Å². The van der Waals surface area contributed by atoms with Crippen LogP contribution in [-0.4, -0.2) is 93.4 Å². The first-order valence-corrected chi connectivity index (χ1v) is 12.1. The number of hydrogen-bond acceptors (Lipinski definition) is 10. The van der Waals surface area contributed by atoms with Crippen LogP contribution in [0.4, 0.5) is 14.4 Å². The standard InChI is InChI=1S/C14H27N3O5.C7H15N3O3S/c1-6-10(17-13(20)22-14(3,4)5)11(18)15-8-9-16-12(19)21-7-2;1-13-7(12)10-3-2-9-6(11)5(8)4-14/h10H,6-9H2,1-5H3,(H,15,18)(H,16,19)(H,17,20);5,14H,2-4,8H2,1H3,(H,9,11)(H,10,12)/t10-;5-/m00/s1. The summed E-state index contributed by atoms with van der Waals surface area (Å²) in [5.41, 5.74) is 4.76. The Morgan fingerprint density at radius 2 is 1.33 bits per heavy atom. The van der Waals surface area contributed by atoms with E-state index in [1.165, 1.54) is 7.11 Å². The summed E-state index contributed by atoms with van der Waals surface area (Å²) in [6, 6.07) is -1.30. The van der Waals surface area contributed by atoms with Crippen molar-refractivity contribution in [1.29, 1.82) is 0 Å². The third-order valence-electron chi connectivity index (χ3n) is 3.80. The number of amides is 5. The van der Waals surface area contributed by atoms with Gasteiger partial charge in [-0.15, -0.1) is 0 Å². The van der Waals surface area contributed by atoms with Gasteiger partial charge in [0.2, 0.25) is 11.8 Å². The van der Waals surface area contributed by atoms with E-state index in [1.807, 2.05) is 0 Å². The zero-order valence-electron chi connectivity index (χ0n) is 21.9. The third kappa shape index (κ3) is 20.4. The maximum Gasteiger partial charge on any atom is 0.408 e. The Bertz CT molecular complexity index is 690. The molecule has 0 fully saturated rings. The van der Waals surface area contributed by atoms with Crippen LogP contribution in [0.3, 0.4) is 0 Å². The lowest BCUT2D eigenvalue weighted by Crippen LogP contribution is -2.49. The molecule has 36 heavy (non-hydrogen) atoms. The van der Waals surface area contributed by atoms with Gasteiger partial charge in [0.05, 0.1) is 19.8 Å². The quantitative estimate of drug-likeness (QED) is 0.100. The van der Waals surface area contributed by atoms with Crippen LogP contribution in [0.15, 0.2) is 0 Å². The van der Waals surface area contributed by atoms with E-state index >= 15 is 0 Å². The van der Waals surface area contributed by atoms with Gasteiger partial charge in [0.25, 0.3) is 0 Å². The van der Waals surface area contributed by atoms with E-state index in [-0.39, 0.29) is 37.3 Å². The molecule has 0 aromatic carbocycles. The SMILES string of the molecule is CCOC(=O)NCCNC(=O)[C@H](CC)NC(=O)OC(C)(C)C.COC(=O)NCCNC(=O)[C@@H](N)CS. The molecule has 0 aromatic heterocycles. The molecule has 0 saturated carbocycles. The average Bonchev–Trinajstić information content (AvgIpc) is 2.81. The van der Waals surface area contributed by atoms with Gasteiger partial charge in [0.15, 0.2) is 0 Å². The normalized spacial score (nSPS) is 11.9. The number of rotatable bonds is 12. The van der Waals surface area contributed by atoms with Crippen molar-refractivity contribution in [2.24, 2.45) is 5.73 Å². The van der Waals surface area contributed by atoms with E-state index in [0.717, 1.165) is 0 Å². The van der Waals surface area contributed by atoms with Crippen molar-refractivity contribution in [3.8, 4) is 0 Å². The second-order valence-corrected chi connectivity index (χ2v) is 8.41. The van der Waals surface area contributed by atoms with Crippen LogP contribution in [0.25, 0.3) is 0 Å². The number of ether oxygens (including phenoxy) is 3. The van der Waals surface area contributed by atoms with Gasteiger partial charge in [0, 0.05) is 31.9 Å². The predicted molar refractivity (Wildman–Crippen MR) is 137 cm³/mol. The first kappa shape index (κ1) is 35.2. The van der Waals surface area contributed by atoms with Gasteiger partial charge in [-0.1, -0.05) is 6.92 Å². The molecular formula is C21H42N6O8S. The molecule has 0 aliphatic rings. The summed E-state index contributed by atoms with van der Waals surface area (Å²) in [6.07, 6.45) is -1.27. The third-order valence-corrected chi connectivity index (χ3v) is 4.19. The van der Waals surface area contributed by atoms with Gasteiger partial charge in [-0.2, -0.15) is 12.6 Å². The molecule has 5 amide bonds. The van der Waals surface area contributed by atoms with E-state index in [9.17, 15) is 24.0 Å². The van der Waals surface area contributed by atoms with Gasteiger partial charge in [-0.05, 0) is 34.1 Å². The lowest BCUT2D eigenvalue weighted by Gasteiger charge is -2.22. The number of hydrogen-bond donors (Lipinski definition) is 7. The summed E-state index contributed by atoms with van der Waals surface area (Å²) in [6.45, 7) is 10.1. The highest BCUT2D eigenvalue weighted by atomic mass is 32.1. The molecule has 0 aromatic rings. The molecule has 7 N–H and O–H groups in total. The van der Waals surface area contributed by atoms with Crippen LogP contribution >= 0.6 is 12.6 Å². The van der Waals surface area contributed by atoms with Gasteiger partial charge >= 0.3 is 18.3 Å². The Morgan fingerprint density at radius 3 is 1.78 bits per heavy atom. The van der Waals surface area contributed by atoms with Crippen molar-refractivity contribution in [1.82, 2.24) is 26.6 Å². The average molecular weight is 539 g/mol. The Labute approximate surface area is 217 Å². The molecule has 0 radical (unpaired) electrons. The fraction of sp³-hybridized carbons (Fsp3) is 0.762.